The largest absolute Gasteiger partial charge is 0.478 e. The molecule has 1 aliphatic rings. The predicted molar refractivity (Wildman–Crippen MR) is 78.7 cm³/mol. The van der Waals surface area contributed by atoms with E-state index >= 15 is 0 Å². The third-order valence-electron chi connectivity index (χ3n) is 4.05. The van der Waals surface area contributed by atoms with Crippen LogP contribution < -0.4 is 0 Å². The number of carbonyl (C=O) groups is 2. The fourth-order valence-corrected chi connectivity index (χ4v) is 2.83. The van der Waals surface area contributed by atoms with Crippen molar-refractivity contribution in [1.29, 1.82) is 0 Å². The van der Waals surface area contributed by atoms with Crippen LogP contribution in [0.15, 0.2) is 18.2 Å². The molecule has 1 heterocycles. The summed E-state index contributed by atoms with van der Waals surface area (Å²) in [6.45, 7) is 3.17. The van der Waals surface area contributed by atoms with E-state index in [-0.39, 0.29) is 17.6 Å². The highest BCUT2D eigenvalue weighted by Crippen LogP contribution is 2.21. The molecule has 1 N–H and O–H groups in total. The normalized spacial score (nSPS) is 16.0. The molecule has 0 aromatic heterocycles. The number of aromatic carboxylic acids is 1. The van der Waals surface area contributed by atoms with Gasteiger partial charge in [0.1, 0.15) is 0 Å². The van der Waals surface area contributed by atoms with E-state index in [1.165, 1.54) is 0 Å². The van der Waals surface area contributed by atoms with Crippen molar-refractivity contribution in [3.8, 4) is 0 Å². The van der Waals surface area contributed by atoms with Gasteiger partial charge in [-0.05, 0) is 37.0 Å². The number of hydrogen-bond acceptors (Lipinski definition) is 3. The fraction of sp³-hybridized carbons (Fsp3) is 0.500. The molecular weight excluding hydrogens is 270 g/mol. The lowest BCUT2D eigenvalue weighted by atomic mass is 9.97. The topological polar surface area (TPSA) is 66.8 Å². The first kappa shape index (κ1) is 15.5. The Kier molecular flexibility index (Phi) is 4.96. The Morgan fingerprint density at radius 2 is 1.90 bits per heavy atom. The summed E-state index contributed by atoms with van der Waals surface area (Å²) in [7, 11) is 1.69. The average Bonchev–Trinajstić information content (AvgIpc) is 2.53. The molecule has 2 rings (SSSR count). The van der Waals surface area contributed by atoms with Crippen LogP contribution in [0.5, 0.6) is 0 Å². The Morgan fingerprint density at radius 3 is 2.43 bits per heavy atom. The van der Waals surface area contributed by atoms with Gasteiger partial charge in [-0.15, -0.1) is 0 Å². The number of carboxylic acid groups (broad SMARTS) is 1. The summed E-state index contributed by atoms with van der Waals surface area (Å²) in [5.41, 5.74) is 1.34. The minimum atomic E-state index is -0.986. The van der Waals surface area contributed by atoms with Crippen molar-refractivity contribution in [2.75, 3.05) is 20.2 Å². The summed E-state index contributed by atoms with van der Waals surface area (Å²) in [4.78, 5) is 25.7. The van der Waals surface area contributed by atoms with E-state index in [9.17, 15) is 14.7 Å². The zero-order valence-corrected chi connectivity index (χ0v) is 12.5. The number of piperidine rings is 1. The van der Waals surface area contributed by atoms with Gasteiger partial charge in [0, 0.05) is 25.8 Å². The maximum atomic E-state index is 12.6. The van der Waals surface area contributed by atoms with Gasteiger partial charge < -0.3 is 14.7 Å². The van der Waals surface area contributed by atoms with Crippen molar-refractivity contribution < 1.29 is 19.4 Å². The zero-order chi connectivity index (χ0) is 15.4. The van der Waals surface area contributed by atoms with Crippen LogP contribution in [0.1, 0.15) is 46.0 Å². The molecule has 0 unspecified atom stereocenters. The first-order chi connectivity index (χ1) is 10.1. The van der Waals surface area contributed by atoms with Crippen LogP contribution in [0.25, 0.3) is 0 Å². The molecule has 0 saturated carbocycles. The molecule has 0 bridgehead atoms. The number of ether oxygens (including phenoxy) is 1. The number of rotatable bonds is 4. The third kappa shape index (κ3) is 3.24. The highest BCUT2D eigenvalue weighted by atomic mass is 16.5. The Morgan fingerprint density at radius 1 is 1.29 bits per heavy atom. The van der Waals surface area contributed by atoms with E-state index in [0.717, 1.165) is 12.8 Å². The van der Waals surface area contributed by atoms with E-state index < -0.39 is 5.97 Å². The molecule has 114 valence electrons. The van der Waals surface area contributed by atoms with Gasteiger partial charge >= 0.3 is 5.97 Å². The minimum Gasteiger partial charge on any atom is -0.478 e. The Balaban J connectivity index is 2.24. The molecular formula is C16H21NO4. The van der Waals surface area contributed by atoms with Crippen LogP contribution >= 0.6 is 0 Å². The van der Waals surface area contributed by atoms with Gasteiger partial charge in [0.15, 0.2) is 0 Å². The fourth-order valence-electron chi connectivity index (χ4n) is 2.83. The van der Waals surface area contributed by atoms with E-state index in [4.69, 9.17) is 4.74 Å². The molecule has 1 fully saturated rings. The number of nitrogens with zero attached hydrogens (tertiary/aromatic N) is 1. The lowest BCUT2D eigenvalue weighted by Gasteiger charge is -2.31. The van der Waals surface area contributed by atoms with E-state index in [2.05, 4.69) is 0 Å². The third-order valence-corrected chi connectivity index (χ3v) is 4.05. The van der Waals surface area contributed by atoms with Crippen LogP contribution in [0.2, 0.25) is 0 Å². The molecule has 0 spiro atoms. The van der Waals surface area contributed by atoms with E-state index in [0.29, 0.717) is 30.6 Å². The lowest BCUT2D eigenvalue weighted by Crippen LogP contribution is -2.41. The Hall–Kier alpha value is -1.88. The summed E-state index contributed by atoms with van der Waals surface area (Å²) < 4.78 is 5.30. The van der Waals surface area contributed by atoms with E-state index in [1.54, 1.807) is 30.2 Å². The number of likely N-dealkylation sites (tertiary alicyclic amines) is 1. The van der Waals surface area contributed by atoms with Crippen molar-refractivity contribution in [3.63, 3.8) is 0 Å². The van der Waals surface area contributed by atoms with Crippen LogP contribution in [0, 0.1) is 0 Å². The Bertz CT molecular complexity index is 533. The second-order valence-corrected chi connectivity index (χ2v) is 5.22. The van der Waals surface area contributed by atoms with Crippen molar-refractivity contribution in [2.24, 2.45) is 0 Å². The number of methoxy groups -OCH3 is 1. The lowest BCUT2D eigenvalue weighted by molar-refractivity contribution is 0.0350. The summed E-state index contributed by atoms with van der Waals surface area (Å²) in [6.07, 6.45) is 2.38. The summed E-state index contributed by atoms with van der Waals surface area (Å²) in [6, 6.07) is 4.91. The van der Waals surface area contributed by atoms with Gasteiger partial charge in [-0.1, -0.05) is 13.0 Å². The molecule has 0 aliphatic carbocycles. The molecule has 0 radical (unpaired) electrons. The highest BCUT2D eigenvalue weighted by molar-refractivity contribution is 6.00. The van der Waals surface area contributed by atoms with Crippen LogP contribution in [0.4, 0.5) is 0 Å². The number of carbonyl (C=O) groups excluding carboxylic acids is 1. The van der Waals surface area contributed by atoms with E-state index in [1.807, 2.05) is 6.92 Å². The standard InChI is InChI=1S/C16H21NO4/c1-3-12-13(5-4-6-14(12)16(19)20)15(18)17-9-7-11(21-2)8-10-17/h4-6,11H,3,7-10H2,1-2H3,(H,19,20). The number of carboxylic acids is 1. The van der Waals surface area contributed by atoms with Gasteiger partial charge in [-0.3, -0.25) is 4.79 Å². The summed E-state index contributed by atoms with van der Waals surface area (Å²) >= 11 is 0. The first-order valence-electron chi connectivity index (χ1n) is 7.25. The van der Waals surface area contributed by atoms with Crippen molar-refractivity contribution in [3.05, 3.63) is 34.9 Å². The quantitative estimate of drug-likeness (QED) is 0.923. The molecule has 0 atom stereocenters. The molecule has 5 heteroatoms. The van der Waals surface area contributed by atoms with Gasteiger partial charge in [-0.2, -0.15) is 0 Å². The maximum Gasteiger partial charge on any atom is 0.335 e. The molecule has 1 saturated heterocycles. The van der Waals surface area contributed by atoms with Gasteiger partial charge in [-0.25, -0.2) is 4.79 Å². The van der Waals surface area contributed by atoms with Gasteiger partial charge in [0.05, 0.1) is 11.7 Å². The highest BCUT2D eigenvalue weighted by Gasteiger charge is 2.26. The van der Waals surface area contributed by atoms with Gasteiger partial charge in [0.25, 0.3) is 5.91 Å². The number of benzene rings is 1. The number of amides is 1. The van der Waals surface area contributed by atoms with Crippen LogP contribution in [-0.4, -0.2) is 48.2 Å². The monoisotopic (exact) mass is 291 g/mol. The minimum absolute atomic E-state index is 0.0792. The molecule has 21 heavy (non-hydrogen) atoms. The Labute approximate surface area is 124 Å². The molecule has 1 aromatic carbocycles. The average molecular weight is 291 g/mol. The van der Waals surface area contributed by atoms with Gasteiger partial charge in [0.2, 0.25) is 0 Å². The molecule has 1 aliphatic heterocycles. The van der Waals surface area contributed by atoms with Crippen molar-refractivity contribution in [1.82, 2.24) is 4.90 Å². The SMILES string of the molecule is CCc1c(C(=O)O)cccc1C(=O)N1CCC(OC)CC1. The zero-order valence-electron chi connectivity index (χ0n) is 12.5. The van der Waals surface area contributed by atoms with Crippen molar-refractivity contribution in [2.45, 2.75) is 32.3 Å². The first-order valence-corrected chi connectivity index (χ1v) is 7.25. The smallest absolute Gasteiger partial charge is 0.335 e. The number of hydrogen-bond donors (Lipinski definition) is 1. The van der Waals surface area contributed by atoms with Crippen LogP contribution in [-0.2, 0) is 11.2 Å². The van der Waals surface area contributed by atoms with Crippen LogP contribution in [0.3, 0.4) is 0 Å². The summed E-state index contributed by atoms with van der Waals surface area (Å²) in [5.74, 6) is -1.07. The second kappa shape index (κ2) is 6.72. The predicted octanol–water partition coefficient (Wildman–Crippen LogP) is 2.20. The summed E-state index contributed by atoms with van der Waals surface area (Å²) in [5, 5.41) is 9.24. The van der Waals surface area contributed by atoms with Crippen molar-refractivity contribution >= 4 is 11.9 Å². The second-order valence-electron chi connectivity index (χ2n) is 5.22. The maximum absolute atomic E-state index is 12.6. The molecule has 5 nitrogen and oxygen atoms in total. The molecule has 1 aromatic rings. The molecule has 1 amide bonds.